The van der Waals surface area contributed by atoms with Crippen molar-refractivity contribution in [1.29, 1.82) is 0 Å². The second kappa shape index (κ2) is 14.4. The standard InChI is InChI=1S/C20H32N6S2.Cu/c1-7-25(8-2)19(27)23-21-16(6)18(17-13-11-15(5)12-14-17)22-24-20(28)26(9-3)10-4;/h11-14H,7-10H2,1-6H3,(H,23,27)(H,24,28);/q;+2/p-2. The molecule has 6 nitrogen and oxygen atoms in total. The summed E-state index contributed by atoms with van der Waals surface area (Å²) in [7, 11) is 0. The van der Waals surface area contributed by atoms with Gasteiger partial charge in [0.2, 0.25) is 0 Å². The number of benzene rings is 1. The van der Waals surface area contributed by atoms with Crippen molar-refractivity contribution in [2.45, 2.75) is 41.5 Å². The molecule has 0 amide bonds. The average molecular weight is 482 g/mol. The van der Waals surface area contributed by atoms with Crippen LogP contribution in [-0.2, 0) is 42.3 Å². The van der Waals surface area contributed by atoms with Crippen LogP contribution >= 0.6 is 0 Å². The van der Waals surface area contributed by atoms with Gasteiger partial charge in [-0.3, -0.25) is 0 Å². The zero-order valence-corrected chi connectivity index (χ0v) is 20.5. The predicted molar refractivity (Wildman–Crippen MR) is 126 cm³/mol. The van der Waals surface area contributed by atoms with E-state index in [1.54, 1.807) is 0 Å². The molecule has 0 aromatic heterocycles. The molecular formula is C20H30CuN6S2. The second-order valence-electron chi connectivity index (χ2n) is 6.11. The molecule has 163 valence electrons. The van der Waals surface area contributed by atoms with Crippen molar-refractivity contribution in [2.24, 2.45) is 20.4 Å². The minimum Gasteiger partial charge on any atom is -0.741 e. The first kappa shape index (κ1) is 27.5. The van der Waals surface area contributed by atoms with Crippen LogP contribution in [0.3, 0.4) is 0 Å². The molecule has 0 aliphatic heterocycles. The molecule has 0 bridgehead atoms. The van der Waals surface area contributed by atoms with Crippen molar-refractivity contribution in [3.63, 3.8) is 0 Å². The maximum Gasteiger partial charge on any atom is 2.00 e. The van der Waals surface area contributed by atoms with Gasteiger partial charge in [0.15, 0.2) is 0 Å². The van der Waals surface area contributed by atoms with Crippen LogP contribution in [0.1, 0.15) is 45.7 Å². The molecular weight excluding hydrogens is 452 g/mol. The third kappa shape index (κ3) is 8.78. The number of aryl methyl sites for hydroxylation is 1. The van der Waals surface area contributed by atoms with E-state index in [0.29, 0.717) is 21.8 Å². The first-order valence-electron chi connectivity index (χ1n) is 9.56. The average Bonchev–Trinajstić information content (AvgIpc) is 2.69. The number of hydrogen-bond acceptors (Lipinski definition) is 6. The van der Waals surface area contributed by atoms with E-state index in [0.717, 1.165) is 31.7 Å². The Labute approximate surface area is 196 Å². The van der Waals surface area contributed by atoms with Gasteiger partial charge in [-0.1, -0.05) is 29.8 Å². The molecule has 9 heteroatoms. The normalized spacial score (nSPS) is 13.2. The van der Waals surface area contributed by atoms with Gasteiger partial charge >= 0.3 is 17.1 Å². The summed E-state index contributed by atoms with van der Waals surface area (Å²) in [6.45, 7) is 15.2. The Balaban J connectivity index is 0.00000784. The molecule has 1 rings (SSSR count). The first-order valence-corrected chi connectivity index (χ1v) is 10.4. The fourth-order valence-electron chi connectivity index (χ4n) is 2.42. The minimum atomic E-state index is 0. The van der Waals surface area contributed by atoms with Crippen LogP contribution < -0.4 is 0 Å². The van der Waals surface area contributed by atoms with Gasteiger partial charge in [0.1, 0.15) is 5.71 Å². The molecule has 0 aliphatic rings. The zero-order valence-electron chi connectivity index (χ0n) is 17.9. The molecule has 1 radical (unpaired) electrons. The number of nitrogens with zero attached hydrogens (tertiary/aromatic N) is 6. The largest absolute Gasteiger partial charge is 2.00 e. The van der Waals surface area contributed by atoms with Gasteiger partial charge in [0.25, 0.3) is 0 Å². The third-order valence-corrected chi connectivity index (χ3v) is 4.94. The first-order chi connectivity index (χ1) is 13.4. The van der Waals surface area contributed by atoms with E-state index in [-0.39, 0.29) is 17.1 Å². The summed E-state index contributed by atoms with van der Waals surface area (Å²) in [6, 6.07) is 8.04. The molecule has 29 heavy (non-hydrogen) atoms. The van der Waals surface area contributed by atoms with Gasteiger partial charge in [0.05, 0.1) is 5.71 Å². The van der Waals surface area contributed by atoms with E-state index < -0.39 is 0 Å². The Kier molecular flexibility index (Phi) is 13.7. The number of amidine groups is 2. The number of rotatable bonds is 8. The van der Waals surface area contributed by atoms with Gasteiger partial charge in [-0.25, -0.2) is 0 Å². The number of hydrogen-bond donors (Lipinski definition) is 0. The molecule has 0 unspecified atom stereocenters. The summed E-state index contributed by atoms with van der Waals surface area (Å²) in [5.74, 6) is 0. The van der Waals surface area contributed by atoms with Crippen molar-refractivity contribution in [3.05, 3.63) is 35.4 Å². The molecule has 0 saturated heterocycles. The molecule has 0 aliphatic carbocycles. The third-order valence-electron chi connectivity index (χ3n) is 4.26. The molecule has 0 heterocycles. The maximum atomic E-state index is 5.38. The summed E-state index contributed by atoms with van der Waals surface area (Å²) in [6.07, 6.45) is 0. The molecule has 1 aromatic rings. The van der Waals surface area contributed by atoms with Gasteiger partial charge < -0.3 is 35.1 Å². The maximum absolute atomic E-state index is 5.38. The molecule has 0 spiro atoms. The predicted octanol–water partition coefficient (Wildman–Crippen LogP) is 3.56. The van der Waals surface area contributed by atoms with E-state index in [1.807, 2.05) is 75.6 Å². The van der Waals surface area contributed by atoms with Crippen LogP contribution in [0.4, 0.5) is 0 Å². The monoisotopic (exact) mass is 481 g/mol. The van der Waals surface area contributed by atoms with E-state index in [2.05, 4.69) is 20.4 Å². The van der Waals surface area contributed by atoms with Gasteiger partial charge in [-0.05, 0) is 41.5 Å². The Morgan fingerprint density at radius 2 is 1.17 bits per heavy atom. The molecule has 0 saturated carbocycles. The fourth-order valence-corrected chi connectivity index (χ4v) is 3.02. The van der Waals surface area contributed by atoms with E-state index in [9.17, 15) is 0 Å². The van der Waals surface area contributed by atoms with Crippen molar-refractivity contribution in [3.8, 4) is 0 Å². The Bertz CT molecular complexity index is 736. The summed E-state index contributed by atoms with van der Waals surface area (Å²) < 4.78 is 0. The Hall–Kier alpha value is -1.54. The molecule has 0 fully saturated rings. The van der Waals surface area contributed by atoms with Crippen LogP contribution in [-0.4, -0.2) is 57.7 Å². The quantitative estimate of drug-likeness (QED) is 0.187. The van der Waals surface area contributed by atoms with Crippen LogP contribution in [0.25, 0.3) is 0 Å². The molecule has 0 atom stereocenters. The summed E-state index contributed by atoms with van der Waals surface area (Å²) in [5.41, 5.74) is 3.33. The van der Waals surface area contributed by atoms with E-state index >= 15 is 0 Å². The smallest absolute Gasteiger partial charge is 0.741 e. The topological polar surface area (TPSA) is 55.9 Å². The second-order valence-corrected chi connectivity index (χ2v) is 6.84. The zero-order chi connectivity index (χ0) is 21.1. The van der Waals surface area contributed by atoms with E-state index in [4.69, 9.17) is 25.3 Å². The fraction of sp³-hybridized carbons (Fsp3) is 0.500. The Morgan fingerprint density at radius 3 is 1.59 bits per heavy atom. The summed E-state index contributed by atoms with van der Waals surface area (Å²) in [5, 5.41) is 18.1. The van der Waals surface area contributed by atoms with Crippen LogP contribution in [0.2, 0.25) is 0 Å². The summed E-state index contributed by atoms with van der Waals surface area (Å²) in [4.78, 5) is 3.94. The van der Waals surface area contributed by atoms with Crippen molar-refractivity contribution < 1.29 is 17.1 Å². The van der Waals surface area contributed by atoms with Crippen LogP contribution in [0.5, 0.6) is 0 Å². The minimum absolute atomic E-state index is 0. The van der Waals surface area contributed by atoms with Gasteiger partial charge in [-0.2, -0.15) is 15.3 Å². The van der Waals surface area contributed by atoms with Crippen LogP contribution in [0, 0.1) is 6.92 Å². The molecule has 0 N–H and O–H groups in total. The van der Waals surface area contributed by atoms with Gasteiger partial charge in [-0.15, -0.1) is 5.10 Å². The molecule has 1 aromatic carbocycles. The van der Waals surface area contributed by atoms with Crippen molar-refractivity contribution in [2.75, 3.05) is 26.2 Å². The Morgan fingerprint density at radius 1 is 0.759 bits per heavy atom. The van der Waals surface area contributed by atoms with Crippen LogP contribution in [0.15, 0.2) is 44.7 Å². The van der Waals surface area contributed by atoms with Crippen molar-refractivity contribution in [1.82, 2.24) is 9.80 Å². The summed E-state index contributed by atoms with van der Waals surface area (Å²) >= 11 is 10.7. The SMILES string of the molecule is CCN(CC)C([S-])=NN=C(C)C(=NN=C([S-])N(CC)CC)c1ccc(C)cc1.[Cu+2]. The van der Waals surface area contributed by atoms with Crippen molar-refractivity contribution >= 4 is 47.0 Å². The van der Waals surface area contributed by atoms with E-state index in [1.165, 1.54) is 5.56 Å². The van der Waals surface area contributed by atoms with Gasteiger partial charge in [0, 0.05) is 42.1 Å².